The number of nitrogens with zero attached hydrogens (tertiary/aromatic N) is 3. The molecular weight excluding hydrogens is 524 g/mol. The Labute approximate surface area is 184 Å². The van der Waals surface area contributed by atoms with Gasteiger partial charge in [0.2, 0.25) is 0 Å². The van der Waals surface area contributed by atoms with Crippen LogP contribution in [0.4, 0.5) is 32.4 Å². The number of carbonyl (C=O) groups is 1. The highest BCUT2D eigenvalue weighted by molar-refractivity contribution is 14.1. The van der Waals surface area contributed by atoms with Gasteiger partial charge in [0, 0.05) is 18.9 Å². The van der Waals surface area contributed by atoms with Crippen LogP contribution in [0.2, 0.25) is 0 Å². The first-order valence-electron chi connectivity index (χ1n) is 8.77. The van der Waals surface area contributed by atoms with Gasteiger partial charge < -0.3 is 4.74 Å². The molecule has 2 rings (SSSR count). The van der Waals surface area contributed by atoms with E-state index in [-0.39, 0.29) is 10.1 Å². The smallest absolute Gasteiger partial charge is 0.443 e. The molecule has 0 aliphatic rings. The second kappa shape index (κ2) is 8.31. The normalized spacial score (nSPS) is 12.8. The van der Waals surface area contributed by atoms with E-state index in [1.807, 2.05) is 0 Å². The standard InChI is InChI=1S/C19H21F5IN3O2/c1-11-8-12(6-7-14(11)27(5)16(29)30-17(2,3)4)9-28-10-13(25)15(26-28)18(20,21)19(22,23)24/h6-8,10H,9H2,1-5H3. The first-order chi connectivity index (χ1) is 13.5. The molecule has 30 heavy (non-hydrogen) atoms. The van der Waals surface area contributed by atoms with Crippen molar-refractivity contribution < 1.29 is 31.5 Å². The summed E-state index contributed by atoms with van der Waals surface area (Å²) in [6.45, 7) is 6.97. The molecule has 0 aliphatic carbocycles. The number of hydrogen-bond acceptors (Lipinski definition) is 3. The van der Waals surface area contributed by atoms with Crippen LogP contribution in [-0.2, 0) is 17.2 Å². The molecule has 1 aromatic heterocycles. The molecule has 11 heteroatoms. The predicted molar refractivity (Wildman–Crippen MR) is 110 cm³/mol. The highest BCUT2D eigenvalue weighted by Gasteiger charge is 2.61. The summed E-state index contributed by atoms with van der Waals surface area (Å²) in [5.74, 6) is -5.04. The number of alkyl halides is 5. The Morgan fingerprint density at radius 1 is 1.20 bits per heavy atom. The van der Waals surface area contributed by atoms with Crippen LogP contribution in [0.3, 0.4) is 0 Å². The second-order valence-corrected chi connectivity index (χ2v) is 8.92. The third-order valence-corrected chi connectivity index (χ3v) is 4.79. The number of ether oxygens (including phenoxy) is 1. The van der Waals surface area contributed by atoms with E-state index in [0.717, 1.165) is 10.9 Å². The molecule has 0 spiro atoms. The molecule has 1 amide bonds. The molecule has 0 radical (unpaired) electrons. The maximum Gasteiger partial charge on any atom is 0.459 e. The lowest BCUT2D eigenvalue weighted by Crippen LogP contribution is -2.35. The fraction of sp³-hybridized carbons (Fsp3) is 0.474. The van der Waals surface area contributed by atoms with Crippen molar-refractivity contribution in [3.63, 3.8) is 0 Å². The molecule has 166 valence electrons. The Kier molecular flexibility index (Phi) is 6.74. The number of rotatable bonds is 4. The minimum Gasteiger partial charge on any atom is -0.443 e. The van der Waals surface area contributed by atoms with Gasteiger partial charge in [-0.05, 0) is 67.5 Å². The SMILES string of the molecule is Cc1cc(Cn2cc(I)c(C(F)(F)C(F)(F)F)n2)ccc1N(C)C(=O)OC(C)(C)C. The highest BCUT2D eigenvalue weighted by Crippen LogP contribution is 2.44. The first kappa shape index (κ1) is 24.4. The number of carbonyl (C=O) groups excluding carboxylic acids is 1. The average molecular weight is 545 g/mol. The third kappa shape index (κ3) is 5.41. The van der Waals surface area contributed by atoms with Crippen LogP contribution in [0.1, 0.15) is 37.6 Å². The van der Waals surface area contributed by atoms with Crippen molar-refractivity contribution in [2.24, 2.45) is 0 Å². The van der Waals surface area contributed by atoms with Crippen molar-refractivity contribution in [3.8, 4) is 0 Å². The molecular formula is C19H21F5IN3O2. The zero-order valence-corrected chi connectivity index (χ0v) is 19.1. The second-order valence-electron chi connectivity index (χ2n) is 7.76. The number of aryl methyl sites for hydroxylation is 1. The lowest BCUT2D eigenvalue weighted by molar-refractivity contribution is -0.291. The zero-order chi connectivity index (χ0) is 23.1. The van der Waals surface area contributed by atoms with Crippen molar-refractivity contribution in [3.05, 3.63) is 44.8 Å². The Morgan fingerprint density at radius 2 is 1.80 bits per heavy atom. The maximum absolute atomic E-state index is 13.6. The van der Waals surface area contributed by atoms with Crippen molar-refractivity contribution >= 4 is 34.4 Å². The lowest BCUT2D eigenvalue weighted by Gasteiger charge is -2.25. The molecule has 0 saturated carbocycles. The van der Waals surface area contributed by atoms with Crippen LogP contribution in [0, 0.1) is 10.5 Å². The lowest BCUT2D eigenvalue weighted by atomic mass is 10.1. The van der Waals surface area contributed by atoms with Crippen molar-refractivity contribution in [2.75, 3.05) is 11.9 Å². The van der Waals surface area contributed by atoms with Crippen LogP contribution >= 0.6 is 22.6 Å². The van der Waals surface area contributed by atoms with Crippen molar-refractivity contribution in [2.45, 2.75) is 51.9 Å². The zero-order valence-electron chi connectivity index (χ0n) is 16.9. The Hall–Kier alpha value is -1.92. The topological polar surface area (TPSA) is 47.4 Å². The molecule has 1 heterocycles. The van der Waals surface area contributed by atoms with Gasteiger partial charge in [-0.1, -0.05) is 12.1 Å². The molecule has 0 unspecified atom stereocenters. The van der Waals surface area contributed by atoms with Crippen molar-refractivity contribution in [1.29, 1.82) is 0 Å². The number of hydrogen-bond donors (Lipinski definition) is 0. The molecule has 0 fully saturated rings. The first-order valence-corrected chi connectivity index (χ1v) is 9.85. The number of anilines is 1. The van der Waals surface area contributed by atoms with E-state index in [9.17, 15) is 26.7 Å². The van der Waals surface area contributed by atoms with E-state index in [0.29, 0.717) is 16.8 Å². The summed E-state index contributed by atoms with van der Waals surface area (Å²) in [6, 6.07) is 4.99. The van der Waals surface area contributed by atoms with Gasteiger partial charge in [0.25, 0.3) is 0 Å². The minimum absolute atomic E-state index is 0.0127. The molecule has 0 atom stereocenters. The molecule has 2 aromatic rings. The monoisotopic (exact) mass is 545 g/mol. The van der Waals surface area contributed by atoms with Crippen molar-refractivity contribution in [1.82, 2.24) is 9.78 Å². The summed E-state index contributed by atoms with van der Waals surface area (Å²) in [4.78, 5) is 13.6. The summed E-state index contributed by atoms with van der Waals surface area (Å²) in [5.41, 5.74) is -0.0915. The van der Waals surface area contributed by atoms with Crippen LogP contribution in [0.15, 0.2) is 24.4 Å². The van der Waals surface area contributed by atoms with Gasteiger partial charge in [0.05, 0.1) is 10.1 Å². The summed E-state index contributed by atoms with van der Waals surface area (Å²) in [5, 5.41) is 3.45. The van der Waals surface area contributed by atoms with Crippen LogP contribution < -0.4 is 4.90 Å². The van der Waals surface area contributed by atoms with Gasteiger partial charge in [-0.15, -0.1) is 0 Å². The fourth-order valence-electron chi connectivity index (χ4n) is 2.63. The summed E-state index contributed by atoms with van der Waals surface area (Å²) in [6.07, 6.45) is -5.14. The Morgan fingerprint density at radius 3 is 2.30 bits per heavy atom. The average Bonchev–Trinajstić information content (AvgIpc) is 2.92. The largest absolute Gasteiger partial charge is 0.459 e. The van der Waals surface area contributed by atoms with Crippen LogP contribution in [-0.4, -0.2) is 34.7 Å². The minimum atomic E-state index is -5.73. The van der Waals surface area contributed by atoms with Crippen LogP contribution in [0.5, 0.6) is 0 Å². The summed E-state index contributed by atoms with van der Waals surface area (Å²) < 4.78 is 71.2. The molecule has 1 aromatic carbocycles. The summed E-state index contributed by atoms with van der Waals surface area (Å²) in [7, 11) is 1.55. The van der Waals surface area contributed by atoms with E-state index < -0.39 is 29.5 Å². The number of benzene rings is 1. The van der Waals surface area contributed by atoms with Gasteiger partial charge in [0.15, 0.2) is 5.69 Å². The fourth-order valence-corrected chi connectivity index (χ4v) is 3.40. The van der Waals surface area contributed by atoms with Gasteiger partial charge >= 0.3 is 18.2 Å². The van der Waals surface area contributed by atoms with E-state index in [2.05, 4.69) is 5.10 Å². The predicted octanol–water partition coefficient (Wildman–Crippen LogP) is 5.87. The number of halogens is 6. The molecule has 5 nitrogen and oxygen atoms in total. The third-order valence-electron chi connectivity index (χ3n) is 4.00. The molecule has 0 aliphatic heterocycles. The van der Waals surface area contributed by atoms with Crippen LogP contribution in [0.25, 0.3) is 0 Å². The van der Waals surface area contributed by atoms with E-state index >= 15 is 0 Å². The Balaban J connectivity index is 2.23. The van der Waals surface area contributed by atoms with Gasteiger partial charge in [-0.25, -0.2) is 4.79 Å². The quantitative estimate of drug-likeness (QED) is 0.357. The number of amides is 1. The maximum atomic E-state index is 13.6. The van der Waals surface area contributed by atoms with Gasteiger partial charge in [0.1, 0.15) is 5.60 Å². The molecule has 0 N–H and O–H groups in total. The number of aromatic nitrogens is 2. The van der Waals surface area contributed by atoms with E-state index in [1.165, 1.54) is 27.5 Å². The Bertz CT molecular complexity index is 935. The van der Waals surface area contributed by atoms with E-state index in [4.69, 9.17) is 4.74 Å². The van der Waals surface area contributed by atoms with E-state index in [1.54, 1.807) is 52.9 Å². The highest BCUT2D eigenvalue weighted by atomic mass is 127. The van der Waals surface area contributed by atoms with Gasteiger partial charge in [-0.2, -0.15) is 27.1 Å². The molecule has 0 saturated heterocycles. The summed E-state index contributed by atoms with van der Waals surface area (Å²) >= 11 is 1.41. The van der Waals surface area contributed by atoms with Gasteiger partial charge in [-0.3, -0.25) is 9.58 Å². The molecule has 0 bridgehead atoms.